The number of benzene rings is 1. The maximum atomic E-state index is 5.64. The summed E-state index contributed by atoms with van der Waals surface area (Å²) in [4.78, 5) is 11.5. The minimum atomic E-state index is 0.0116. The Kier molecular flexibility index (Phi) is 4.59. The lowest BCUT2D eigenvalue weighted by Crippen LogP contribution is -2.48. The number of ether oxygens (including phenoxy) is 1. The molecule has 1 fully saturated rings. The molecule has 0 saturated carbocycles. The Morgan fingerprint density at radius 1 is 1.23 bits per heavy atom. The molecular weight excluding hydrogens is 326 g/mol. The Hall–Kier alpha value is -2.47. The summed E-state index contributed by atoms with van der Waals surface area (Å²) in [7, 11) is 1.79. The van der Waals surface area contributed by atoms with Crippen LogP contribution in [0.15, 0.2) is 42.7 Å². The molecule has 1 atom stereocenters. The third-order valence-electron chi connectivity index (χ3n) is 5.30. The largest absolute Gasteiger partial charge is 0.382 e. The molecule has 0 N–H and O–H groups in total. The molecule has 0 radical (unpaired) electrons. The van der Waals surface area contributed by atoms with Crippen molar-refractivity contribution < 1.29 is 4.74 Å². The number of fused-ring (bicyclic) bond motifs is 1. The zero-order valence-corrected chi connectivity index (χ0v) is 15.4. The third-order valence-corrected chi connectivity index (χ3v) is 5.30. The van der Waals surface area contributed by atoms with Crippen molar-refractivity contribution in [3.8, 4) is 11.3 Å². The minimum Gasteiger partial charge on any atom is -0.382 e. The third kappa shape index (κ3) is 2.84. The van der Waals surface area contributed by atoms with Gasteiger partial charge in [0.15, 0.2) is 0 Å². The highest BCUT2D eigenvalue weighted by molar-refractivity contribution is 5.66. The van der Waals surface area contributed by atoms with E-state index in [2.05, 4.69) is 40.1 Å². The van der Waals surface area contributed by atoms with Gasteiger partial charge in [0, 0.05) is 25.3 Å². The fourth-order valence-electron chi connectivity index (χ4n) is 4.26. The summed E-state index contributed by atoms with van der Waals surface area (Å²) in [6.07, 6.45) is 6.09. The summed E-state index contributed by atoms with van der Waals surface area (Å²) in [6.45, 7) is 3.96. The number of aromatic nitrogens is 4. The number of methoxy groups -OCH3 is 1. The molecule has 6 heteroatoms. The molecule has 1 aliphatic rings. The maximum Gasteiger partial charge on any atom is 0.254 e. The predicted molar refractivity (Wildman–Crippen MR) is 102 cm³/mol. The smallest absolute Gasteiger partial charge is 0.254 e. The van der Waals surface area contributed by atoms with Crippen molar-refractivity contribution in [2.24, 2.45) is 0 Å². The van der Waals surface area contributed by atoms with Crippen LogP contribution in [0.4, 0.5) is 5.82 Å². The number of rotatable bonds is 6. The van der Waals surface area contributed by atoms with Crippen LogP contribution in [0.2, 0.25) is 0 Å². The quantitative estimate of drug-likeness (QED) is 0.679. The van der Waals surface area contributed by atoms with E-state index in [1.54, 1.807) is 13.4 Å². The number of anilines is 1. The highest BCUT2D eigenvalue weighted by atomic mass is 16.5. The molecule has 1 unspecified atom stereocenters. The van der Waals surface area contributed by atoms with Gasteiger partial charge in [-0.2, -0.15) is 14.6 Å². The number of hydrogen-bond acceptors (Lipinski definition) is 5. The van der Waals surface area contributed by atoms with Gasteiger partial charge in [0.25, 0.3) is 5.78 Å². The van der Waals surface area contributed by atoms with Crippen molar-refractivity contribution in [3.05, 3.63) is 42.7 Å². The van der Waals surface area contributed by atoms with E-state index in [1.165, 1.54) is 0 Å². The second-order valence-corrected chi connectivity index (χ2v) is 7.00. The summed E-state index contributed by atoms with van der Waals surface area (Å²) < 4.78 is 7.50. The molecule has 3 heterocycles. The average Bonchev–Trinajstić information content (AvgIpc) is 3.29. The predicted octanol–water partition coefficient (Wildman–Crippen LogP) is 3.58. The Morgan fingerprint density at radius 3 is 2.85 bits per heavy atom. The summed E-state index contributed by atoms with van der Waals surface area (Å²) in [5, 5.41) is 4.44. The van der Waals surface area contributed by atoms with E-state index < -0.39 is 0 Å². The van der Waals surface area contributed by atoms with Gasteiger partial charge >= 0.3 is 0 Å². The zero-order valence-electron chi connectivity index (χ0n) is 15.4. The summed E-state index contributed by atoms with van der Waals surface area (Å²) >= 11 is 0. The molecule has 0 aliphatic carbocycles. The van der Waals surface area contributed by atoms with E-state index in [0.717, 1.165) is 55.9 Å². The van der Waals surface area contributed by atoms with Crippen LogP contribution >= 0.6 is 0 Å². The lowest BCUT2D eigenvalue weighted by Gasteiger charge is -2.39. The van der Waals surface area contributed by atoms with Gasteiger partial charge in [-0.1, -0.05) is 43.7 Å². The Balaban J connectivity index is 1.86. The summed E-state index contributed by atoms with van der Waals surface area (Å²) in [6, 6.07) is 12.4. The van der Waals surface area contributed by atoms with Crippen molar-refractivity contribution in [2.75, 3.05) is 25.2 Å². The number of hydrogen-bond donors (Lipinski definition) is 0. The second kappa shape index (κ2) is 7.03. The molecule has 136 valence electrons. The van der Waals surface area contributed by atoms with Gasteiger partial charge in [-0.05, 0) is 19.3 Å². The van der Waals surface area contributed by atoms with Crippen molar-refractivity contribution in [1.29, 1.82) is 0 Å². The molecule has 2 aromatic heterocycles. The lowest BCUT2D eigenvalue weighted by atomic mass is 9.91. The van der Waals surface area contributed by atoms with Crippen LogP contribution in [0.3, 0.4) is 0 Å². The van der Waals surface area contributed by atoms with Crippen LogP contribution in [0.25, 0.3) is 17.0 Å². The standard InChI is InChI=1S/C20H25N5O/c1-3-10-20(14-26-2)11-7-12-24(20)18-13-17(16-8-5-4-6-9-16)23-19-21-15-22-25(18)19/h4-6,8-9,13,15H,3,7,10-12,14H2,1-2H3. The van der Waals surface area contributed by atoms with Gasteiger partial charge in [0.2, 0.25) is 0 Å². The molecular formula is C20H25N5O. The van der Waals surface area contributed by atoms with Crippen LogP contribution in [-0.4, -0.2) is 45.4 Å². The van der Waals surface area contributed by atoms with Crippen LogP contribution < -0.4 is 4.90 Å². The van der Waals surface area contributed by atoms with E-state index in [1.807, 2.05) is 22.7 Å². The van der Waals surface area contributed by atoms with Gasteiger partial charge in [0.1, 0.15) is 12.1 Å². The van der Waals surface area contributed by atoms with E-state index in [9.17, 15) is 0 Å². The highest BCUT2D eigenvalue weighted by Gasteiger charge is 2.41. The molecule has 1 aliphatic heterocycles. The second-order valence-electron chi connectivity index (χ2n) is 7.00. The Labute approximate surface area is 153 Å². The minimum absolute atomic E-state index is 0.0116. The summed E-state index contributed by atoms with van der Waals surface area (Å²) in [5.41, 5.74) is 2.03. The molecule has 6 nitrogen and oxygen atoms in total. The van der Waals surface area contributed by atoms with Crippen molar-refractivity contribution >= 4 is 11.6 Å². The van der Waals surface area contributed by atoms with Gasteiger partial charge in [-0.25, -0.2) is 4.98 Å². The van der Waals surface area contributed by atoms with Gasteiger partial charge in [-0.3, -0.25) is 0 Å². The zero-order chi connectivity index (χ0) is 18.0. The number of nitrogens with zero attached hydrogens (tertiary/aromatic N) is 5. The van der Waals surface area contributed by atoms with Crippen molar-refractivity contribution in [3.63, 3.8) is 0 Å². The van der Waals surface area contributed by atoms with Crippen molar-refractivity contribution in [2.45, 2.75) is 38.1 Å². The average molecular weight is 351 g/mol. The topological polar surface area (TPSA) is 55.5 Å². The molecule has 4 rings (SSSR count). The van der Waals surface area contributed by atoms with Gasteiger partial charge < -0.3 is 9.64 Å². The van der Waals surface area contributed by atoms with Gasteiger partial charge in [-0.15, -0.1) is 0 Å². The lowest BCUT2D eigenvalue weighted by molar-refractivity contribution is 0.127. The highest BCUT2D eigenvalue weighted by Crippen LogP contribution is 2.38. The molecule has 0 spiro atoms. The first-order chi connectivity index (χ1) is 12.8. The normalized spacial score (nSPS) is 20.2. The van der Waals surface area contributed by atoms with E-state index >= 15 is 0 Å². The van der Waals surface area contributed by atoms with Crippen LogP contribution in [0.5, 0.6) is 0 Å². The maximum absolute atomic E-state index is 5.64. The van der Waals surface area contributed by atoms with E-state index in [-0.39, 0.29) is 5.54 Å². The molecule has 1 saturated heterocycles. The fraction of sp³-hybridized carbons (Fsp3) is 0.450. The van der Waals surface area contributed by atoms with Crippen molar-refractivity contribution in [1.82, 2.24) is 19.6 Å². The Bertz CT molecular complexity index is 870. The summed E-state index contributed by atoms with van der Waals surface area (Å²) in [5.74, 6) is 1.69. The first-order valence-corrected chi connectivity index (χ1v) is 9.30. The van der Waals surface area contributed by atoms with Crippen LogP contribution in [0.1, 0.15) is 32.6 Å². The monoisotopic (exact) mass is 351 g/mol. The van der Waals surface area contributed by atoms with Crippen LogP contribution in [-0.2, 0) is 4.74 Å². The molecule has 26 heavy (non-hydrogen) atoms. The SMILES string of the molecule is CCCC1(COC)CCCN1c1cc(-c2ccccc2)nc2ncnn12. The molecule has 0 amide bonds. The fourth-order valence-corrected chi connectivity index (χ4v) is 4.26. The first-order valence-electron chi connectivity index (χ1n) is 9.30. The Morgan fingerprint density at radius 2 is 2.08 bits per heavy atom. The van der Waals surface area contributed by atoms with Crippen LogP contribution in [0, 0.1) is 0 Å². The first kappa shape index (κ1) is 17.0. The van der Waals surface area contributed by atoms with Gasteiger partial charge in [0.05, 0.1) is 17.8 Å². The molecule has 1 aromatic carbocycles. The molecule has 0 bridgehead atoms. The molecule has 3 aromatic rings. The van der Waals surface area contributed by atoms with E-state index in [0.29, 0.717) is 5.78 Å². The van der Waals surface area contributed by atoms with E-state index in [4.69, 9.17) is 9.72 Å².